The summed E-state index contributed by atoms with van der Waals surface area (Å²) in [6.45, 7) is 0. The molecule has 2 atom stereocenters. The van der Waals surface area contributed by atoms with E-state index < -0.39 is 0 Å². The minimum absolute atomic E-state index is 0.0303. The molecule has 0 saturated carbocycles. The van der Waals surface area contributed by atoms with Crippen LogP contribution in [0.3, 0.4) is 0 Å². The van der Waals surface area contributed by atoms with Gasteiger partial charge < -0.3 is 5.32 Å². The lowest BCUT2D eigenvalue weighted by Crippen LogP contribution is -2.39. The van der Waals surface area contributed by atoms with Crippen LogP contribution < -0.4 is 10.6 Å². The van der Waals surface area contributed by atoms with Crippen LogP contribution in [0.25, 0.3) is 81.8 Å². The van der Waals surface area contributed by atoms with E-state index in [2.05, 4.69) is 217 Å². The number of fused-ring (bicyclic) bond motifs is 7. The monoisotopic (exact) mass is 714 g/mol. The van der Waals surface area contributed by atoms with Crippen LogP contribution in [0, 0.1) is 0 Å². The van der Waals surface area contributed by atoms with Gasteiger partial charge in [0.2, 0.25) is 0 Å². The first-order valence-corrected chi connectivity index (χ1v) is 19.5. The minimum Gasteiger partial charge on any atom is -0.366 e. The Kier molecular flexibility index (Phi) is 7.75. The fourth-order valence-electron chi connectivity index (χ4n) is 8.86. The van der Waals surface area contributed by atoms with Crippen molar-refractivity contribution in [3.8, 4) is 22.3 Å². The second-order valence-corrected chi connectivity index (χ2v) is 15.0. The van der Waals surface area contributed by atoms with Crippen molar-refractivity contribution in [2.24, 2.45) is 0 Å². The van der Waals surface area contributed by atoms with Gasteiger partial charge in [0.05, 0.1) is 6.04 Å². The van der Waals surface area contributed by atoms with E-state index in [1.807, 2.05) is 0 Å². The van der Waals surface area contributed by atoms with Crippen LogP contribution in [-0.2, 0) is 0 Å². The smallest absolute Gasteiger partial charge is 0.104 e. The van der Waals surface area contributed by atoms with Gasteiger partial charge in [-0.3, -0.25) is 5.32 Å². The van der Waals surface area contributed by atoms with Gasteiger partial charge in [0.1, 0.15) is 6.17 Å². The lowest BCUT2D eigenvalue weighted by atomic mass is 9.89. The Balaban J connectivity index is 0.935. The first kappa shape index (κ1) is 32.4. The van der Waals surface area contributed by atoms with E-state index in [0.717, 1.165) is 5.70 Å². The van der Waals surface area contributed by atoms with Crippen molar-refractivity contribution in [1.82, 2.24) is 10.6 Å². The average molecular weight is 715 g/mol. The SMILES string of the molecule is C1=C(c2ccc(-c3ccc(-c4c5ccccc5cc5c4ccc4ccccc45)cc3)cc2)NC(c2ccccc2)NC1c1ccc2c(ccc3ccccc32)c1. The van der Waals surface area contributed by atoms with Gasteiger partial charge in [-0.1, -0.05) is 188 Å². The van der Waals surface area contributed by atoms with Gasteiger partial charge in [-0.25, -0.2) is 0 Å². The van der Waals surface area contributed by atoms with Gasteiger partial charge in [0, 0.05) is 5.70 Å². The maximum absolute atomic E-state index is 3.89. The van der Waals surface area contributed by atoms with Crippen molar-refractivity contribution in [2.45, 2.75) is 12.2 Å². The Morgan fingerprint density at radius 3 is 1.57 bits per heavy atom. The second kappa shape index (κ2) is 13.4. The number of rotatable bonds is 5. The van der Waals surface area contributed by atoms with Crippen LogP contribution in [-0.4, -0.2) is 0 Å². The summed E-state index contributed by atoms with van der Waals surface area (Å²) in [5.74, 6) is 0. The van der Waals surface area contributed by atoms with Gasteiger partial charge in [-0.15, -0.1) is 0 Å². The van der Waals surface area contributed by atoms with Gasteiger partial charge in [-0.2, -0.15) is 0 Å². The molecule has 0 spiro atoms. The molecule has 0 saturated heterocycles. The van der Waals surface area contributed by atoms with Gasteiger partial charge in [-0.05, 0) is 111 Å². The summed E-state index contributed by atoms with van der Waals surface area (Å²) in [5, 5.41) is 20.5. The normalized spacial score (nSPS) is 15.7. The lowest BCUT2D eigenvalue weighted by Gasteiger charge is -2.33. The molecule has 1 heterocycles. The summed E-state index contributed by atoms with van der Waals surface area (Å²) >= 11 is 0. The molecule has 56 heavy (non-hydrogen) atoms. The standard InChI is InChI=1S/C54H38N2/c1-2-12-41(13-3-1)54-55-51(34-52(56-54)44-29-30-47-43(32-44)27-22-37-10-4-7-15-45(37)47)39-23-18-35(19-24-39)36-20-25-40(26-21-36)53-48-17-9-6-14-42(48)33-50-46-16-8-5-11-38(46)28-31-49(50)53/h1-34,52,54-56H. The molecule has 1 aliphatic heterocycles. The molecular weight excluding hydrogens is 677 g/mol. The Morgan fingerprint density at radius 2 is 0.839 bits per heavy atom. The summed E-state index contributed by atoms with van der Waals surface area (Å²) in [6, 6.07) is 73.2. The van der Waals surface area contributed by atoms with Crippen molar-refractivity contribution in [3.05, 3.63) is 223 Å². The molecule has 0 aromatic heterocycles. The molecule has 0 bridgehead atoms. The van der Waals surface area contributed by atoms with E-state index in [0.29, 0.717) is 0 Å². The van der Waals surface area contributed by atoms with Crippen molar-refractivity contribution in [1.29, 1.82) is 0 Å². The molecule has 2 unspecified atom stereocenters. The average Bonchev–Trinajstić information content (AvgIpc) is 3.28. The molecule has 11 rings (SSSR count). The highest BCUT2D eigenvalue weighted by Gasteiger charge is 2.24. The van der Waals surface area contributed by atoms with Crippen molar-refractivity contribution < 1.29 is 0 Å². The Morgan fingerprint density at radius 1 is 0.321 bits per heavy atom. The lowest BCUT2D eigenvalue weighted by molar-refractivity contribution is 0.443. The fourth-order valence-corrected chi connectivity index (χ4v) is 8.86. The Bertz CT molecular complexity index is 3120. The van der Waals surface area contributed by atoms with Crippen LogP contribution >= 0.6 is 0 Å². The molecule has 10 aromatic rings. The first-order chi connectivity index (χ1) is 27.7. The third-order valence-electron chi connectivity index (χ3n) is 11.7. The van der Waals surface area contributed by atoms with Crippen molar-refractivity contribution in [3.63, 3.8) is 0 Å². The van der Waals surface area contributed by atoms with Gasteiger partial charge >= 0.3 is 0 Å². The molecular formula is C54H38N2. The van der Waals surface area contributed by atoms with Crippen LogP contribution in [0.15, 0.2) is 206 Å². The van der Waals surface area contributed by atoms with E-state index in [1.165, 1.54) is 92.8 Å². The summed E-state index contributed by atoms with van der Waals surface area (Å²) in [4.78, 5) is 0. The largest absolute Gasteiger partial charge is 0.366 e. The predicted octanol–water partition coefficient (Wildman–Crippen LogP) is 13.8. The van der Waals surface area contributed by atoms with E-state index >= 15 is 0 Å². The molecule has 0 amide bonds. The molecule has 0 radical (unpaired) electrons. The zero-order valence-corrected chi connectivity index (χ0v) is 30.8. The minimum atomic E-state index is -0.0381. The number of nitrogens with one attached hydrogen (secondary N) is 2. The fraction of sp³-hybridized carbons (Fsp3) is 0.0370. The highest BCUT2D eigenvalue weighted by atomic mass is 15.2. The third-order valence-corrected chi connectivity index (χ3v) is 11.7. The Labute approximate surface area is 326 Å². The van der Waals surface area contributed by atoms with Crippen molar-refractivity contribution in [2.75, 3.05) is 0 Å². The van der Waals surface area contributed by atoms with Gasteiger partial charge in [0.15, 0.2) is 0 Å². The number of hydrogen-bond acceptors (Lipinski definition) is 2. The van der Waals surface area contributed by atoms with Crippen LogP contribution in [0.5, 0.6) is 0 Å². The first-order valence-electron chi connectivity index (χ1n) is 19.5. The molecule has 0 fully saturated rings. The molecule has 2 N–H and O–H groups in total. The summed E-state index contributed by atoms with van der Waals surface area (Å²) in [7, 11) is 0. The predicted molar refractivity (Wildman–Crippen MR) is 237 cm³/mol. The van der Waals surface area contributed by atoms with Crippen LogP contribution in [0.2, 0.25) is 0 Å². The zero-order chi connectivity index (χ0) is 37.0. The van der Waals surface area contributed by atoms with Crippen molar-refractivity contribution >= 4 is 59.6 Å². The molecule has 2 nitrogen and oxygen atoms in total. The van der Waals surface area contributed by atoms with E-state index in [4.69, 9.17) is 0 Å². The highest BCUT2D eigenvalue weighted by molar-refractivity contribution is 6.20. The summed E-state index contributed by atoms with van der Waals surface area (Å²) < 4.78 is 0. The number of benzene rings is 10. The molecule has 0 aliphatic carbocycles. The topological polar surface area (TPSA) is 24.1 Å². The Hall–Kier alpha value is -7.00. The maximum atomic E-state index is 3.89. The highest BCUT2D eigenvalue weighted by Crippen LogP contribution is 2.40. The zero-order valence-electron chi connectivity index (χ0n) is 30.8. The van der Waals surface area contributed by atoms with E-state index in [-0.39, 0.29) is 12.2 Å². The van der Waals surface area contributed by atoms with Gasteiger partial charge in [0.25, 0.3) is 0 Å². The summed E-state index contributed by atoms with van der Waals surface area (Å²) in [6.07, 6.45) is 2.30. The second-order valence-electron chi connectivity index (χ2n) is 15.0. The van der Waals surface area contributed by atoms with Crippen LogP contribution in [0.1, 0.15) is 28.9 Å². The quantitative estimate of drug-likeness (QED) is 0.137. The summed E-state index contributed by atoms with van der Waals surface area (Å²) in [5.41, 5.74) is 9.66. The van der Waals surface area contributed by atoms with E-state index in [9.17, 15) is 0 Å². The molecule has 10 aromatic carbocycles. The third kappa shape index (κ3) is 5.62. The van der Waals surface area contributed by atoms with E-state index in [1.54, 1.807) is 0 Å². The molecule has 1 aliphatic rings. The molecule has 264 valence electrons. The number of hydrogen-bond donors (Lipinski definition) is 2. The van der Waals surface area contributed by atoms with Crippen LogP contribution in [0.4, 0.5) is 0 Å². The molecule has 2 heteroatoms. The maximum Gasteiger partial charge on any atom is 0.104 e.